The van der Waals surface area contributed by atoms with Crippen molar-refractivity contribution in [1.29, 1.82) is 0 Å². The summed E-state index contributed by atoms with van der Waals surface area (Å²) in [6.45, 7) is 4.09. The third-order valence-electron chi connectivity index (χ3n) is 4.20. The number of benzene rings is 2. The van der Waals surface area contributed by atoms with Crippen LogP contribution in [0.3, 0.4) is 0 Å². The maximum absolute atomic E-state index is 12.8. The van der Waals surface area contributed by atoms with Crippen LogP contribution in [0.15, 0.2) is 54.6 Å². The first-order valence-electron chi connectivity index (χ1n) is 7.94. The lowest BCUT2D eigenvalue weighted by Gasteiger charge is -2.28. The first-order valence-corrected chi connectivity index (χ1v) is 9.13. The molecular weight excluding hydrogens is 340 g/mol. The van der Waals surface area contributed by atoms with E-state index in [1.807, 2.05) is 50.2 Å². The van der Waals surface area contributed by atoms with Gasteiger partial charge in [0.1, 0.15) is 0 Å². The molecule has 3 rings (SSSR count). The van der Waals surface area contributed by atoms with E-state index in [4.69, 9.17) is 16.3 Å². The molecule has 0 aliphatic heterocycles. The number of rotatable bonds is 5. The van der Waals surface area contributed by atoms with Crippen LogP contribution in [-0.2, 0) is 21.4 Å². The summed E-state index contributed by atoms with van der Waals surface area (Å²) in [4.78, 5) is 13.9. The molecule has 3 aromatic rings. The van der Waals surface area contributed by atoms with Gasteiger partial charge in [0.25, 0.3) is 0 Å². The summed E-state index contributed by atoms with van der Waals surface area (Å²) in [6, 6.07) is 17.9. The second kappa shape index (κ2) is 6.96. The van der Waals surface area contributed by atoms with Crippen molar-refractivity contribution in [3.63, 3.8) is 0 Å². The predicted molar refractivity (Wildman–Crippen MR) is 101 cm³/mol. The smallest absolute Gasteiger partial charge is 0.316 e. The fraction of sp³-hybridized carbons (Fsp3) is 0.250. The molecule has 24 heavy (non-hydrogen) atoms. The molecule has 0 N–H and O–H groups in total. The number of fused-ring (bicyclic) bond motifs is 1. The van der Waals surface area contributed by atoms with Gasteiger partial charge in [-0.1, -0.05) is 48.0 Å². The minimum absolute atomic E-state index is 0.240. The molecule has 1 atom stereocenters. The normalized spacial score (nSPS) is 13.6. The summed E-state index contributed by atoms with van der Waals surface area (Å²) in [6.07, 6.45) is 0.564. The zero-order valence-corrected chi connectivity index (χ0v) is 15.3. The summed E-state index contributed by atoms with van der Waals surface area (Å²) in [5, 5.41) is 1.79. The lowest BCUT2D eigenvalue weighted by Crippen LogP contribution is -2.36. The molecule has 0 fully saturated rings. The van der Waals surface area contributed by atoms with E-state index in [0.717, 1.165) is 10.4 Å². The largest absolute Gasteiger partial charge is 0.465 e. The molecule has 4 heteroatoms. The molecule has 124 valence electrons. The van der Waals surface area contributed by atoms with E-state index in [1.54, 1.807) is 11.3 Å². The van der Waals surface area contributed by atoms with Gasteiger partial charge in [0.2, 0.25) is 0 Å². The summed E-state index contributed by atoms with van der Waals surface area (Å²) < 4.78 is 6.59. The highest BCUT2D eigenvalue weighted by Crippen LogP contribution is 2.37. The molecule has 0 radical (unpaired) electrons. The fourth-order valence-corrected chi connectivity index (χ4v) is 4.51. The maximum Gasteiger partial charge on any atom is 0.316 e. The maximum atomic E-state index is 12.8. The molecule has 1 aromatic heterocycles. The van der Waals surface area contributed by atoms with E-state index < -0.39 is 5.41 Å². The predicted octanol–water partition coefficient (Wildman–Crippen LogP) is 5.62. The molecule has 2 aromatic carbocycles. The van der Waals surface area contributed by atoms with Gasteiger partial charge in [-0.2, -0.15) is 0 Å². The quantitative estimate of drug-likeness (QED) is 0.553. The van der Waals surface area contributed by atoms with Crippen LogP contribution in [0.2, 0.25) is 5.02 Å². The van der Waals surface area contributed by atoms with Crippen molar-refractivity contribution < 1.29 is 9.53 Å². The summed E-state index contributed by atoms with van der Waals surface area (Å²) >= 11 is 8.10. The number of carbonyl (C=O) groups excluding carboxylic acids is 1. The average Bonchev–Trinajstić information content (AvgIpc) is 2.97. The Morgan fingerprint density at radius 1 is 1.17 bits per heavy atom. The Bertz CT molecular complexity index is 838. The highest BCUT2D eigenvalue weighted by atomic mass is 35.5. The second-order valence-electron chi connectivity index (χ2n) is 5.96. The van der Waals surface area contributed by atoms with Gasteiger partial charge >= 0.3 is 5.97 Å². The number of hydrogen-bond acceptors (Lipinski definition) is 3. The zero-order valence-electron chi connectivity index (χ0n) is 13.7. The van der Waals surface area contributed by atoms with Crippen molar-refractivity contribution in [2.75, 3.05) is 6.61 Å². The van der Waals surface area contributed by atoms with Gasteiger partial charge < -0.3 is 4.74 Å². The zero-order chi connectivity index (χ0) is 17.2. The van der Waals surface area contributed by atoms with Gasteiger partial charge in [-0.05, 0) is 43.0 Å². The number of halogens is 1. The average molecular weight is 359 g/mol. The van der Waals surface area contributed by atoms with Crippen molar-refractivity contribution in [1.82, 2.24) is 0 Å². The van der Waals surface area contributed by atoms with Gasteiger partial charge in [0.05, 0.1) is 12.0 Å². The molecule has 0 saturated carbocycles. The monoisotopic (exact) mass is 358 g/mol. The lowest BCUT2D eigenvalue weighted by atomic mass is 9.79. The Labute approximate surface area is 151 Å². The molecule has 0 spiro atoms. The summed E-state index contributed by atoms with van der Waals surface area (Å²) in [7, 11) is 0. The van der Waals surface area contributed by atoms with Crippen molar-refractivity contribution in [2.24, 2.45) is 0 Å². The summed E-state index contributed by atoms with van der Waals surface area (Å²) in [5.41, 5.74) is -0.00235. The Morgan fingerprint density at radius 3 is 2.58 bits per heavy atom. The SMILES string of the molecule is CCOC(=O)C(C)(Cc1cc2ccccc2s1)c1ccccc1Cl. The Balaban J connectivity index is 2.04. The molecule has 1 heterocycles. The lowest BCUT2D eigenvalue weighted by molar-refractivity contribution is -0.149. The van der Waals surface area contributed by atoms with Gasteiger partial charge in [-0.25, -0.2) is 0 Å². The molecule has 0 amide bonds. The first-order chi connectivity index (χ1) is 11.5. The molecule has 0 aliphatic carbocycles. The van der Waals surface area contributed by atoms with Gasteiger partial charge in [-0.15, -0.1) is 11.3 Å². The molecule has 2 nitrogen and oxygen atoms in total. The van der Waals surface area contributed by atoms with E-state index in [1.165, 1.54) is 10.1 Å². The number of esters is 1. The van der Waals surface area contributed by atoms with Crippen LogP contribution in [0, 0.1) is 0 Å². The van der Waals surface area contributed by atoms with E-state index in [2.05, 4.69) is 18.2 Å². The highest BCUT2D eigenvalue weighted by molar-refractivity contribution is 7.19. The van der Waals surface area contributed by atoms with Gasteiger partial charge in [0, 0.05) is 21.0 Å². The first kappa shape index (κ1) is 17.0. The highest BCUT2D eigenvalue weighted by Gasteiger charge is 2.39. The van der Waals surface area contributed by atoms with Gasteiger partial charge in [-0.3, -0.25) is 4.79 Å². The molecule has 0 bridgehead atoms. The van der Waals surface area contributed by atoms with Crippen LogP contribution >= 0.6 is 22.9 Å². The van der Waals surface area contributed by atoms with Crippen LogP contribution in [0.25, 0.3) is 10.1 Å². The molecule has 1 unspecified atom stereocenters. The third-order valence-corrected chi connectivity index (χ3v) is 5.64. The van der Waals surface area contributed by atoms with Crippen molar-refractivity contribution in [2.45, 2.75) is 25.7 Å². The van der Waals surface area contributed by atoms with Gasteiger partial charge in [0.15, 0.2) is 0 Å². The number of carbonyl (C=O) groups is 1. The standard InChI is InChI=1S/C20H19ClO2S/c1-3-23-19(22)20(2,16-9-5-6-10-17(16)21)13-15-12-14-8-4-7-11-18(14)24-15/h4-12H,3,13H2,1-2H3. The van der Waals surface area contributed by atoms with Crippen LogP contribution < -0.4 is 0 Å². The number of hydrogen-bond donors (Lipinski definition) is 0. The topological polar surface area (TPSA) is 26.3 Å². The minimum atomic E-state index is -0.810. The molecule has 0 aliphatic rings. The van der Waals surface area contributed by atoms with E-state index in [9.17, 15) is 4.79 Å². The molecule has 0 saturated heterocycles. The van der Waals surface area contributed by atoms with E-state index >= 15 is 0 Å². The Hall–Kier alpha value is -1.84. The van der Waals surface area contributed by atoms with E-state index in [0.29, 0.717) is 18.1 Å². The van der Waals surface area contributed by atoms with Crippen LogP contribution in [-0.4, -0.2) is 12.6 Å². The van der Waals surface area contributed by atoms with Crippen molar-refractivity contribution in [3.8, 4) is 0 Å². The second-order valence-corrected chi connectivity index (χ2v) is 7.54. The number of ether oxygens (including phenoxy) is 1. The fourth-order valence-electron chi connectivity index (χ4n) is 2.95. The third kappa shape index (κ3) is 3.19. The van der Waals surface area contributed by atoms with E-state index in [-0.39, 0.29) is 5.97 Å². The van der Waals surface area contributed by atoms with Crippen LogP contribution in [0.5, 0.6) is 0 Å². The molecular formula is C20H19ClO2S. The van der Waals surface area contributed by atoms with Crippen LogP contribution in [0.4, 0.5) is 0 Å². The Morgan fingerprint density at radius 2 is 1.88 bits per heavy atom. The number of thiophene rings is 1. The summed E-state index contributed by atoms with van der Waals surface area (Å²) in [5.74, 6) is -0.240. The minimum Gasteiger partial charge on any atom is -0.465 e. The van der Waals surface area contributed by atoms with Crippen molar-refractivity contribution in [3.05, 3.63) is 70.1 Å². The Kier molecular flexibility index (Phi) is 4.93. The van der Waals surface area contributed by atoms with Crippen LogP contribution in [0.1, 0.15) is 24.3 Å². The van der Waals surface area contributed by atoms with Crippen molar-refractivity contribution >= 4 is 39.0 Å².